The number of imidazole rings is 1. The lowest BCUT2D eigenvalue weighted by atomic mass is 9.58. The Labute approximate surface area is 267 Å². The Bertz CT molecular complexity index is 1480. The second-order valence-electron chi connectivity index (χ2n) is 13.3. The fourth-order valence-corrected chi connectivity index (χ4v) is 8.50. The molecule has 3 aromatic rings. The third-order valence-electron chi connectivity index (χ3n) is 10.7. The predicted molar refractivity (Wildman–Crippen MR) is 173 cm³/mol. The summed E-state index contributed by atoms with van der Waals surface area (Å²) in [6, 6.07) is 17.3. The first-order valence-corrected chi connectivity index (χ1v) is 16.9. The number of anilines is 1. The van der Waals surface area contributed by atoms with Crippen molar-refractivity contribution in [1.82, 2.24) is 14.5 Å². The highest BCUT2D eigenvalue weighted by molar-refractivity contribution is 5.69. The van der Waals surface area contributed by atoms with E-state index in [1.54, 1.807) is 6.07 Å². The number of nitrogens with zero attached hydrogens (tertiary/aromatic N) is 5. The van der Waals surface area contributed by atoms with Gasteiger partial charge in [-0.05, 0) is 93.1 Å². The minimum Gasteiger partial charge on any atom is -0.462 e. The number of halogens is 1. The number of ether oxygens (including phenoxy) is 1. The van der Waals surface area contributed by atoms with E-state index in [4.69, 9.17) is 10.00 Å². The maximum absolute atomic E-state index is 15.0. The second-order valence-corrected chi connectivity index (χ2v) is 13.3. The predicted octanol–water partition coefficient (Wildman–Crippen LogP) is 6.36. The van der Waals surface area contributed by atoms with Crippen molar-refractivity contribution in [2.45, 2.75) is 76.9 Å². The van der Waals surface area contributed by atoms with Crippen molar-refractivity contribution in [3.63, 3.8) is 0 Å². The number of piperidine rings is 1. The summed E-state index contributed by atoms with van der Waals surface area (Å²) in [5.74, 6) is 1.70. The quantitative estimate of drug-likeness (QED) is 0.235. The summed E-state index contributed by atoms with van der Waals surface area (Å²) >= 11 is 0. The molecule has 1 aromatic heterocycles. The number of aryl methyl sites for hydroxylation is 1. The van der Waals surface area contributed by atoms with Crippen LogP contribution in [0.4, 0.5) is 10.1 Å². The van der Waals surface area contributed by atoms with Crippen LogP contribution in [0.2, 0.25) is 0 Å². The van der Waals surface area contributed by atoms with Crippen LogP contribution in [0.5, 0.6) is 0 Å². The zero-order valence-corrected chi connectivity index (χ0v) is 26.7. The van der Waals surface area contributed by atoms with E-state index in [1.165, 1.54) is 11.8 Å². The van der Waals surface area contributed by atoms with E-state index in [-0.39, 0.29) is 23.8 Å². The Kier molecular flexibility index (Phi) is 9.56. The number of benzene rings is 2. The Morgan fingerprint density at radius 1 is 1.09 bits per heavy atom. The minimum absolute atomic E-state index is 0.103. The third-order valence-corrected chi connectivity index (χ3v) is 10.7. The van der Waals surface area contributed by atoms with Gasteiger partial charge in [0.2, 0.25) is 0 Å². The summed E-state index contributed by atoms with van der Waals surface area (Å²) < 4.78 is 23.5. The van der Waals surface area contributed by atoms with Crippen LogP contribution in [0.1, 0.15) is 69.3 Å². The highest BCUT2D eigenvalue weighted by atomic mass is 19.1. The van der Waals surface area contributed by atoms with Gasteiger partial charge in [0, 0.05) is 74.4 Å². The first-order chi connectivity index (χ1) is 21.9. The smallest absolute Gasteiger partial charge is 0.305 e. The first kappa shape index (κ1) is 31.3. The molecule has 0 bridgehead atoms. The number of hydrogen-bond donors (Lipinski definition) is 0. The lowest BCUT2D eigenvalue weighted by Crippen LogP contribution is -2.55. The van der Waals surface area contributed by atoms with E-state index in [1.807, 2.05) is 43.5 Å². The van der Waals surface area contributed by atoms with E-state index < -0.39 is 5.41 Å². The van der Waals surface area contributed by atoms with Crippen molar-refractivity contribution in [3.8, 4) is 6.07 Å². The maximum Gasteiger partial charge on any atom is 0.305 e. The maximum atomic E-state index is 15.0. The van der Waals surface area contributed by atoms with Crippen LogP contribution in [0.25, 0.3) is 0 Å². The van der Waals surface area contributed by atoms with Crippen molar-refractivity contribution in [3.05, 3.63) is 83.7 Å². The molecule has 45 heavy (non-hydrogen) atoms. The molecule has 3 atom stereocenters. The van der Waals surface area contributed by atoms with Crippen molar-refractivity contribution in [2.24, 2.45) is 17.8 Å². The summed E-state index contributed by atoms with van der Waals surface area (Å²) in [6.07, 6.45) is 9.81. The number of aromatic nitrogens is 2. The van der Waals surface area contributed by atoms with E-state index in [9.17, 15) is 4.79 Å². The highest BCUT2D eigenvalue weighted by Gasteiger charge is 2.53. The topological polar surface area (TPSA) is 74.4 Å². The summed E-state index contributed by atoms with van der Waals surface area (Å²) in [6.45, 7) is 9.85. The number of esters is 1. The largest absolute Gasteiger partial charge is 0.462 e. The Morgan fingerprint density at radius 3 is 2.56 bits per heavy atom. The van der Waals surface area contributed by atoms with Crippen LogP contribution in [-0.4, -0.2) is 59.2 Å². The minimum atomic E-state index is -0.392. The van der Waals surface area contributed by atoms with Crippen molar-refractivity contribution < 1.29 is 13.9 Å². The van der Waals surface area contributed by atoms with Gasteiger partial charge in [0.15, 0.2) is 0 Å². The molecule has 0 unspecified atom stereocenters. The van der Waals surface area contributed by atoms with Gasteiger partial charge in [-0.15, -0.1) is 0 Å². The Balaban J connectivity index is 1.23. The molecule has 1 aliphatic carbocycles. The van der Waals surface area contributed by atoms with Gasteiger partial charge in [0.25, 0.3) is 0 Å². The summed E-state index contributed by atoms with van der Waals surface area (Å²) in [5, 5.41) is 9.11. The highest BCUT2D eigenvalue weighted by Crippen LogP contribution is 2.52. The van der Waals surface area contributed by atoms with Crippen LogP contribution in [0.3, 0.4) is 0 Å². The van der Waals surface area contributed by atoms with E-state index in [2.05, 4.69) is 44.6 Å². The molecule has 6 rings (SSSR count). The molecule has 3 aliphatic rings. The first-order valence-electron chi connectivity index (χ1n) is 16.9. The van der Waals surface area contributed by atoms with Gasteiger partial charge >= 0.3 is 5.97 Å². The summed E-state index contributed by atoms with van der Waals surface area (Å²) in [7, 11) is 0. The fraction of sp³-hybridized carbons (Fsp3) is 0.541. The van der Waals surface area contributed by atoms with Crippen LogP contribution in [0.15, 0.2) is 60.9 Å². The van der Waals surface area contributed by atoms with Crippen LogP contribution >= 0.6 is 0 Å². The monoisotopic (exact) mass is 611 g/mol. The van der Waals surface area contributed by atoms with Crippen molar-refractivity contribution in [2.75, 3.05) is 37.6 Å². The molecule has 7 nitrogen and oxygen atoms in total. The van der Waals surface area contributed by atoms with E-state index in [0.29, 0.717) is 30.4 Å². The number of hydrogen-bond acceptors (Lipinski definition) is 6. The molecule has 0 spiro atoms. The molecule has 1 saturated carbocycles. The zero-order valence-electron chi connectivity index (χ0n) is 26.7. The van der Waals surface area contributed by atoms with Crippen molar-refractivity contribution >= 4 is 11.7 Å². The Hall–Kier alpha value is -3.70. The molecule has 0 radical (unpaired) electrons. The summed E-state index contributed by atoms with van der Waals surface area (Å²) in [4.78, 5) is 22.3. The third kappa shape index (κ3) is 6.51. The lowest BCUT2D eigenvalue weighted by molar-refractivity contribution is -0.152. The van der Waals surface area contributed by atoms with Gasteiger partial charge in [-0.2, -0.15) is 5.26 Å². The van der Waals surface area contributed by atoms with Crippen LogP contribution in [0, 0.1) is 34.9 Å². The van der Waals surface area contributed by atoms with Gasteiger partial charge in [-0.3, -0.25) is 4.79 Å². The summed E-state index contributed by atoms with van der Waals surface area (Å²) in [5.41, 5.74) is 2.51. The van der Waals surface area contributed by atoms with Gasteiger partial charge < -0.3 is 19.1 Å². The van der Waals surface area contributed by atoms with Crippen LogP contribution < -0.4 is 4.90 Å². The molecular formula is C37H46FN5O2. The van der Waals surface area contributed by atoms with Gasteiger partial charge in [-0.1, -0.05) is 26.0 Å². The molecule has 238 valence electrons. The molecule has 8 heteroatoms. The van der Waals surface area contributed by atoms with Crippen LogP contribution in [-0.2, 0) is 27.9 Å². The normalized spacial score (nSPS) is 22.5. The number of carbonyl (C=O) groups is 1. The van der Waals surface area contributed by atoms with E-state index in [0.717, 1.165) is 82.6 Å². The van der Waals surface area contributed by atoms with Gasteiger partial charge in [-0.25, -0.2) is 9.37 Å². The molecule has 2 aliphatic heterocycles. The number of carbonyl (C=O) groups excluding carboxylic acids is 1. The molecule has 0 N–H and O–H groups in total. The lowest BCUT2D eigenvalue weighted by Gasteiger charge is -2.51. The zero-order chi connectivity index (χ0) is 31.4. The molecular weight excluding hydrogens is 565 g/mol. The second kappa shape index (κ2) is 13.7. The molecule has 3 heterocycles. The number of rotatable bonds is 11. The SMILES string of the molecule is CCC(=O)O[C@H]1CCC[C@@H]1[C@@](Cn1ccnc1CC)(c1cccc(F)c1)C1CCN(CC2CN(c3ccc(C#N)cc3)C2)CC1. The van der Waals surface area contributed by atoms with Gasteiger partial charge in [0.1, 0.15) is 17.7 Å². The van der Waals surface area contributed by atoms with Gasteiger partial charge in [0.05, 0.1) is 11.6 Å². The molecule has 3 fully saturated rings. The molecule has 0 amide bonds. The Morgan fingerprint density at radius 2 is 1.87 bits per heavy atom. The number of likely N-dealkylation sites (tertiary alicyclic amines) is 1. The molecule has 2 saturated heterocycles. The molecule has 2 aromatic carbocycles. The van der Waals surface area contributed by atoms with E-state index >= 15 is 4.39 Å². The fourth-order valence-electron chi connectivity index (χ4n) is 8.50. The standard InChI is InChI=1S/C37H46FN5O2/c1-3-35-40-17-20-42(35)26-37(30-7-5-8-31(38)21-30,33-9-6-10-34(33)45-36(44)4-2)29-15-18-41(19-16-29)23-28-24-43(25-28)32-13-11-27(22-39)12-14-32/h5,7-8,11-14,17,20-21,28-29,33-34H,3-4,6,9-10,15-16,18-19,23-26H2,1-2H3/t33-,34-,37+/m0/s1. The average molecular weight is 612 g/mol. The van der Waals surface area contributed by atoms with Crippen molar-refractivity contribution in [1.29, 1.82) is 5.26 Å². The average Bonchev–Trinajstić information content (AvgIpc) is 3.71. The number of nitriles is 1.